The first kappa shape index (κ1) is 14.5. The van der Waals surface area contributed by atoms with Gasteiger partial charge in [0.05, 0.1) is 0 Å². The van der Waals surface area contributed by atoms with Crippen molar-refractivity contribution in [3.05, 3.63) is 29.3 Å². The maximum absolute atomic E-state index is 12.2. The molecule has 0 saturated carbocycles. The average Bonchev–Trinajstić information content (AvgIpc) is 2.37. The van der Waals surface area contributed by atoms with Crippen molar-refractivity contribution in [2.45, 2.75) is 26.2 Å². The van der Waals surface area contributed by atoms with E-state index in [1.54, 1.807) is 30.1 Å². The standard InChI is InChI=1S/C14H22N2O2/c1-11-12(7-6-8-13(11)15)14(18)16(2)9-4-3-5-10-17/h6-8,17H,3-5,9-10,15H2,1-2H3. The fraction of sp³-hybridized carbons (Fsp3) is 0.500. The molecule has 0 saturated heterocycles. The van der Waals surface area contributed by atoms with Gasteiger partial charge in [0.1, 0.15) is 0 Å². The lowest BCUT2D eigenvalue weighted by atomic mass is 10.1. The van der Waals surface area contributed by atoms with Crippen LogP contribution < -0.4 is 5.73 Å². The minimum atomic E-state index is 0.00352. The average molecular weight is 250 g/mol. The van der Waals surface area contributed by atoms with Crippen LogP contribution >= 0.6 is 0 Å². The Bertz CT molecular complexity index is 405. The number of anilines is 1. The molecule has 0 aliphatic carbocycles. The lowest BCUT2D eigenvalue weighted by Crippen LogP contribution is -2.28. The summed E-state index contributed by atoms with van der Waals surface area (Å²) in [6.07, 6.45) is 2.63. The van der Waals surface area contributed by atoms with Gasteiger partial charge in [-0.05, 0) is 43.9 Å². The third kappa shape index (κ3) is 3.74. The summed E-state index contributed by atoms with van der Waals surface area (Å²) in [7, 11) is 1.80. The molecule has 0 spiro atoms. The Morgan fingerprint density at radius 3 is 2.72 bits per heavy atom. The molecule has 0 unspecified atom stereocenters. The van der Waals surface area contributed by atoms with Gasteiger partial charge >= 0.3 is 0 Å². The molecule has 0 heterocycles. The Labute approximate surface area is 108 Å². The monoisotopic (exact) mass is 250 g/mol. The second-order valence-electron chi connectivity index (χ2n) is 4.53. The molecule has 18 heavy (non-hydrogen) atoms. The zero-order valence-corrected chi connectivity index (χ0v) is 11.1. The molecule has 0 atom stereocenters. The van der Waals surface area contributed by atoms with Crippen molar-refractivity contribution in [3.63, 3.8) is 0 Å². The van der Waals surface area contributed by atoms with Crippen molar-refractivity contribution >= 4 is 11.6 Å². The maximum atomic E-state index is 12.2. The quantitative estimate of drug-likeness (QED) is 0.597. The van der Waals surface area contributed by atoms with Gasteiger partial charge in [-0.2, -0.15) is 0 Å². The molecule has 0 radical (unpaired) electrons. The van der Waals surface area contributed by atoms with Crippen LogP contribution in [-0.2, 0) is 0 Å². The van der Waals surface area contributed by atoms with E-state index in [4.69, 9.17) is 10.8 Å². The summed E-state index contributed by atoms with van der Waals surface area (Å²) in [5.41, 5.74) is 7.95. The molecule has 4 nitrogen and oxygen atoms in total. The van der Waals surface area contributed by atoms with Crippen LogP contribution in [0, 0.1) is 6.92 Å². The molecule has 1 amide bonds. The van der Waals surface area contributed by atoms with Crippen LogP contribution in [0.25, 0.3) is 0 Å². The highest BCUT2D eigenvalue weighted by atomic mass is 16.2. The predicted octanol–water partition coefficient (Wildman–Crippen LogP) is 1.81. The molecule has 1 aromatic rings. The van der Waals surface area contributed by atoms with Gasteiger partial charge in [-0.3, -0.25) is 4.79 Å². The smallest absolute Gasteiger partial charge is 0.253 e. The van der Waals surface area contributed by atoms with E-state index in [2.05, 4.69) is 0 Å². The maximum Gasteiger partial charge on any atom is 0.253 e. The summed E-state index contributed by atoms with van der Waals surface area (Å²) >= 11 is 0. The molecule has 0 aromatic heterocycles. The Hall–Kier alpha value is -1.55. The number of carbonyl (C=O) groups excluding carboxylic acids is 1. The number of nitrogen functional groups attached to an aromatic ring is 1. The van der Waals surface area contributed by atoms with Crippen LogP contribution in [0.15, 0.2) is 18.2 Å². The van der Waals surface area contributed by atoms with E-state index in [1.807, 2.05) is 6.92 Å². The number of nitrogens with zero attached hydrogens (tertiary/aromatic N) is 1. The zero-order valence-electron chi connectivity index (χ0n) is 11.1. The Balaban J connectivity index is 2.60. The number of aliphatic hydroxyl groups excluding tert-OH is 1. The van der Waals surface area contributed by atoms with Crippen LogP contribution in [0.4, 0.5) is 5.69 Å². The molecular weight excluding hydrogens is 228 g/mol. The SMILES string of the molecule is Cc1c(N)cccc1C(=O)N(C)CCCCCO. The summed E-state index contributed by atoms with van der Waals surface area (Å²) < 4.78 is 0. The van der Waals surface area contributed by atoms with Gasteiger partial charge in [0.25, 0.3) is 5.91 Å². The first-order chi connectivity index (χ1) is 8.57. The topological polar surface area (TPSA) is 66.6 Å². The third-order valence-corrected chi connectivity index (χ3v) is 3.10. The predicted molar refractivity (Wildman–Crippen MR) is 73.5 cm³/mol. The molecule has 4 heteroatoms. The molecule has 1 aromatic carbocycles. The summed E-state index contributed by atoms with van der Waals surface area (Å²) in [6.45, 7) is 2.78. The van der Waals surface area contributed by atoms with E-state index in [1.165, 1.54) is 0 Å². The van der Waals surface area contributed by atoms with E-state index in [-0.39, 0.29) is 12.5 Å². The second kappa shape index (κ2) is 7.01. The van der Waals surface area contributed by atoms with Crippen molar-refractivity contribution in [2.24, 2.45) is 0 Å². The number of amides is 1. The Kier molecular flexibility index (Phi) is 5.65. The van der Waals surface area contributed by atoms with Crippen LogP contribution in [-0.4, -0.2) is 36.1 Å². The number of aliphatic hydroxyl groups is 1. The highest BCUT2D eigenvalue weighted by Crippen LogP contribution is 2.17. The first-order valence-electron chi connectivity index (χ1n) is 6.29. The number of nitrogens with two attached hydrogens (primary N) is 1. The molecule has 0 aliphatic heterocycles. The minimum Gasteiger partial charge on any atom is -0.398 e. The van der Waals surface area contributed by atoms with Gasteiger partial charge in [-0.1, -0.05) is 6.07 Å². The fourth-order valence-electron chi connectivity index (χ4n) is 1.83. The number of benzene rings is 1. The van der Waals surface area contributed by atoms with Crippen molar-refractivity contribution in [1.82, 2.24) is 4.90 Å². The highest BCUT2D eigenvalue weighted by Gasteiger charge is 2.14. The van der Waals surface area contributed by atoms with Gasteiger partial charge < -0.3 is 15.7 Å². The highest BCUT2D eigenvalue weighted by molar-refractivity contribution is 5.96. The van der Waals surface area contributed by atoms with Gasteiger partial charge in [-0.25, -0.2) is 0 Å². The summed E-state index contributed by atoms with van der Waals surface area (Å²) in [6, 6.07) is 5.40. The van der Waals surface area contributed by atoms with E-state index < -0.39 is 0 Å². The van der Waals surface area contributed by atoms with Crippen LogP contribution in [0.1, 0.15) is 35.2 Å². The molecule has 0 fully saturated rings. The third-order valence-electron chi connectivity index (χ3n) is 3.10. The van der Waals surface area contributed by atoms with Gasteiger partial charge in [0.15, 0.2) is 0 Å². The lowest BCUT2D eigenvalue weighted by molar-refractivity contribution is 0.0791. The van der Waals surface area contributed by atoms with Gasteiger partial charge in [0, 0.05) is 31.5 Å². The molecule has 0 bridgehead atoms. The van der Waals surface area contributed by atoms with Crippen LogP contribution in [0.5, 0.6) is 0 Å². The largest absolute Gasteiger partial charge is 0.398 e. The molecule has 1 rings (SSSR count). The van der Waals surface area contributed by atoms with Gasteiger partial charge in [-0.15, -0.1) is 0 Å². The minimum absolute atomic E-state index is 0.00352. The number of hydrogen-bond acceptors (Lipinski definition) is 3. The number of carbonyl (C=O) groups is 1. The van der Waals surface area contributed by atoms with E-state index >= 15 is 0 Å². The number of hydrogen-bond donors (Lipinski definition) is 2. The van der Waals surface area contributed by atoms with E-state index in [0.717, 1.165) is 24.8 Å². The Morgan fingerprint density at radius 2 is 2.06 bits per heavy atom. The molecular formula is C14H22N2O2. The number of rotatable bonds is 6. The zero-order chi connectivity index (χ0) is 13.5. The van der Waals surface area contributed by atoms with Crippen molar-refractivity contribution < 1.29 is 9.90 Å². The van der Waals surface area contributed by atoms with Crippen molar-refractivity contribution in [2.75, 3.05) is 25.9 Å². The molecule has 0 aliphatic rings. The van der Waals surface area contributed by atoms with Crippen molar-refractivity contribution in [3.8, 4) is 0 Å². The first-order valence-corrected chi connectivity index (χ1v) is 6.29. The van der Waals surface area contributed by atoms with Gasteiger partial charge in [0.2, 0.25) is 0 Å². The summed E-state index contributed by atoms with van der Waals surface area (Å²) in [5.74, 6) is 0.00352. The lowest BCUT2D eigenvalue weighted by Gasteiger charge is -2.18. The summed E-state index contributed by atoms with van der Waals surface area (Å²) in [4.78, 5) is 13.9. The summed E-state index contributed by atoms with van der Waals surface area (Å²) in [5, 5.41) is 8.69. The Morgan fingerprint density at radius 1 is 1.33 bits per heavy atom. The molecule has 100 valence electrons. The molecule has 3 N–H and O–H groups in total. The second-order valence-corrected chi connectivity index (χ2v) is 4.53. The number of unbranched alkanes of at least 4 members (excludes halogenated alkanes) is 2. The van der Waals surface area contributed by atoms with Crippen LogP contribution in [0.2, 0.25) is 0 Å². The van der Waals surface area contributed by atoms with E-state index in [9.17, 15) is 4.79 Å². The normalized spacial score (nSPS) is 10.4. The van der Waals surface area contributed by atoms with E-state index in [0.29, 0.717) is 17.8 Å². The van der Waals surface area contributed by atoms with Crippen molar-refractivity contribution in [1.29, 1.82) is 0 Å². The fourth-order valence-corrected chi connectivity index (χ4v) is 1.83. The van der Waals surface area contributed by atoms with Crippen LogP contribution in [0.3, 0.4) is 0 Å².